The van der Waals surface area contributed by atoms with Crippen LogP contribution in [-0.4, -0.2) is 35.6 Å². The number of benzene rings is 2. The number of ether oxygens (including phenoxy) is 2. The normalized spacial score (nSPS) is 16.0. The molecule has 1 aliphatic heterocycles. The quantitative estimate of drug-likeness (QED) is 0.639. The van der Waals surface area contributed by atoms with Gasteiger partial charge in [-0.1, -0.05) is 56.2 Å². The number of aryl methyl sites for hydroxylation is 1. The average Bonchev–Trinajstić information content (AvgIpc) is 3.49. The van der Waals surface area contributed by atoms with Crippen LogP contribution in [0.5, 0.6) is 11.5 Å². The van der Waals surface area contributed by atoms with Gasteiger partial charge in [-0.15, -0.1) is 0 Å². The Morgan fingerprint density at radius 1 is 1.03 bits per heavy atom. The summed E-state index contributed by atoms with van der Waals surface area (Å²) in [6, 6.07) is 15.4. The summed E-state index contributed by atoms with van der Waals surface area (Å²) in [5.74, 6) is 1.41. The fraction of sp³-hybridized carbons (Fsp3) is 0.462. The van der Waals surface area contributed by atoms with Crippen molar-refractivity contribution in [2.45, 2.75) is 70.5 Å². The molecule has 6 heteroatoms. The number of rotatable bonds is 9. The second-order valence-corrected chi connectivity index (χ2v) is 8.61. The molecule has 1 atom stereocenters. The number of nitrogens with one attached hydrogen (secondary N) is 1. The monoisotopic (exact) mass is 436 g/mol. The van der Waals surface area contributed by atoms with Crippen LogP contribution in [0.4, 0.5) is 0 Å². The Hall–Kier alpha value is -3.02. The molecule has 0 aromatic heterocycles. The van der Waals surface area contributed by atoms with Crippen LogP contribution >= 0.6 is 0 Å². The van der Waals surface area contributed by atoms with Crippen molar-refractivity contribution in [3.8, 4) is 11.5 Å². The van der Waals surface area contributed by atoms with E-state index in [9.17, 15) is 9.59 Å². The van der Waals surface area contributed by atoms with E-state index in [4.69, 9.17) is 9.47 Å². The fourth-order valence-corrected chi connectivity index (χ4v) is 4.56. The van der Waals surface area contributed by atoms with E-state index in [0.29, 0.717) is 25.8 Å². The molecule has 0 spiro atoms. The summed E-state index contributed by atoms with van der Waals surface area (Å²) in [4.78, 5) is 28.3. The highest BCUT2D eigenvalue weighted by Gasteiger charge is 2.30. The molecule has 2 aromatic rings. The molecule has 32 heavy (non-hydrogen) atoms. The van der Waals surface area contributed by atoms with Crippen molar-refractivity contribution >= 4 is 11.8 Å². The van der Waals surface area contributed by atoms with Crippen LogP contribution in [0.3, 0.4) is 0 Å². The van der Waals surface area contributed by atoms with Gasteiger partial charge >= 0.3 is 0 Å². The van der Waals surface area contributed by atoms with Gasteiger partial charge in [0.25, 0.3) is 0 Å². The van der Waals surface area contributed by atoms with Crippen LogP contribution in [0, 0.1) is 0 Å². The summed E-state index contributed by atoms with van der Waals surface area (Å²) in [5, 5.41) is 3.19. The van der Waals surface area contributed by atoms with E-state index in [-0.39, 0.29) is 24.6 Å². The van der Waals surface area contributed by atoms with Crippen molar-refractivity contribution in [3.05, 3.63) is 59.7 Å². The maximum Gasteiger partial charge on any atom is 0.243 e. The van der Waals surface area contributed by atoms with E-state index in [1.807, 2.05) is 55.5 Å². The second-order valence-electron chi connectivity index (χ2n) is 8.61. The summed E-state index contributed by atoms with van der Waals surface area (Å²) >= 11 is 0. The summed E-state index contributed by atoms with van der Waals surface area (Å²) in [6.45, 7) is 2.64. The molecule has 1 aliphatic carbocycles. The first-order valence-corrected chi connectivity index (χ1v) is 11.7. The smallest absolute Gasteiger partial charge is 0.243 e. The van der Waals surface area contributed by atoms with E-state index in [0.717, 1.165) is 48.3 Å². The van der Waals surface area contributed by atoms with Gasteiger partial charge in [0.15, 0.2) is 11.5 Å². The molecule has 1 fully saturated rings. The minimum atomic E-state index is -0.472. The molecule has 1 saturated carbocycles. The lowest BCUT2D eigenvalue weighted by Crippen LogP contribution is -2.51. The third-order valence-electron chi connectivity index (χ3n) is 6.35. The van der Waals surface area contributed by atoms with Crippen LogP contribution in [0.15, 0.2) is 48.5 Å². The lowest BCUT2D eigenvalue weighted by Gasteiger charge is -2.31. The molecular weight excluding hydrogens is 404 g/mol. The topological polar surface area (TPSA) is 67.9 Å². The number of carbonyl (C=O) groups excluding carboxylic acids is 2. The Balaban J connectivity index is 1.46. The predicted octanol–water partition coefficient (Wildman–Crippen LogP) is 4.21. The molecule has 2 aliphatic rings. The Morgan fingerprint density at radius 2 is 1.78 bits per heavy atom. The largest absolute Gasteiger partial charge is 0.454 e. The van der Waals surface area contributed by atoms with Crippen LogP contribution in [0.1, 0.15) is 56.6 Å². The van der Waals surface area contributed by atoms with E-state index in [2.05, 4.69) is 5.32 Å². The molecule has 0 saturated heterocycles. The second kappa shape index (κ2) is 10.5. The number of amides is 2. The van der Waals surface area contributed by atoms with Crippen molar-refractivity contribution in [2.75, 3.05) is 6.79 Å². The van der Waals surface area contributed by atoms with Gasteiger partial charge < -0.3 is 19.7 Å². The van der Waals surface area contributed by atoms with Crippen LogP contribution < -0.4 is 14.8 Å². The highest BCUT2D eigenvalue weighted by molar-refractivity contribution is 5.88. The number of hydrogen-bond donors (Lipinski definition) is 1. The SMILES string of the molecule is CCC(C(=O)NC1CCCC1)N(Cc1ccccc1)C(=O)CCc1ccc2c(c1)OCO2. The van der Waals surface area contributed by atoms with Gasteiger partial charge in [-0.25, -0.2) is 0 Å². The summed E-state index contributed by atoms with van der Waals surface area (Å²) in [6.07, 6.45) is 5.87. The lowest BCUT2D eigenvalue weighted by molar-refractivity contribution is -0.141. The molecule has 170 valence electrons. The summed E-state index contributed by atoms with van der Waals surface area (Å²) in [7, 11) is 0. The number of carbonyl (C=O) groups is 2. The minimum Gasteiger partial charge on any atom is -0.454 e. The van der Waals surface area contributed by atoms with E-state index in [1.54, 1.807) is 4.90 Å². The van der Waals surface area contributed by atoms with Crippen LogP contribution in [-0.2, 0) is 22.6 Å². The number of fused-ring (bicyclic) bond motifs is 1. The van der Waals surface area contributed by atoms with Crippen molar-refractivity contribution in [2.24, 2.45) is 0 Å². The molecule has 0 bridgehead atoms. The van der Waals surface area contributed by atoms with Crippen LogP contribution in [0.25, 0.3) is 0 Å². The third kappa shape index (κ3) is 5.42. The van der Waals surface area contributed by atoms with Gasteiger partial charge in [-0.3, -0.25) is 9.59 Å². The van der Waals surface area contributed by atoms with Gasteiger partial charge in [-0.05, 0) is 48.9 Å². The minimum absolute atomic E-state index is 0.0139. The van der Waals surface area contributed by atoms with E-state index >= 15 is 0 Å². The zero-order valence-electron chi connectivity index (χ0n) is 18.7. The highest BCUT2D eigenvalue weighted by atomic mass is 16.7. The molecule has 0 radical (unpaired) electrons. The predicted molar refractivity (Wildman–Crippen MR) is 122 cm³/mol. The van der Waals surface area contributed by atoms with Crippen molar-refractivity contribution < 1.29 is 19.1 Å². The number of nitrogens with zero attached hydrogens (tertiary/aromatic N) is 1. The first kappa shape index (κ1) is 22.2. The number of hydrogen-bond acceptors (Lipinski definition) is 4. The van der Waals surface area contributed by atoms with Crippen molar-refractivity contribution in [3.63, 3.8) is 0 Å². The van der Waals surface area contributed by atoms with Crippen molar-refractivity contribution in [1.82, 2.24) is 10.2 Å². The van der Waals surface area contributed by atoms with Gasteiger partial charge in [0.1, 0.15) is 6.04 Å². The lowest BCUT2D eigenvalue weighted by atomic mass is 10.1. The first-order chi connectivity index (χ1) is 15.6. The zero-order chi connectivity index (χ0) is 22.3. The maximum absolute atomic E-state index is 13.4. The molecule has 1 unspecified atom stereocenters. The highest BCUT2D eigenvalue weighted by Crippen LogP contribution is 2.33. The summed E-state index contributed by atoms with van der Waals surface area (Å²) < 4.78 is 10.8. The van der Waals surface area contributed by atoms with E-state index < -0.39 is 6.04 Å². The Kier molecular flexibility index (Phi) is 7.30. The Labute approximate surface area is 189 Å². The molecule has 6 nitrogen and oxygen atoms in total. The fourth-order valence-electron chi connectivity index (χ4n) is 4.56. The Bertz CT molecular complexity index is 925. The molecule has 1 N–H and O–H groups in total. The zero-order valence-corrected chi connectivity index (χ0v) is 18.7. The molecule has 4 rings (SSSR count). The van der Waals surface area contributed by atoms with Crippen molar-refractivity contribution in [1.29, 1.82) is 0 Å². The maximum atomic E-state index is 13.4. The average molecular weight is 437 g/mol. The van der Waals surface area contributed by atoms with Crippen LogP contribution in [0.2, 0.25) is 0 Å². The van der Waals surface area contributed by atoms with Gasteiger partial charge in [0, 0.05) is 19.0 Å². The molecule has 1 heterocycles. The molecular formula is C26H32N2O4. The summed E-state index contributed by atoms with van der Waals surface area (Å²) in [5.41, 5.74) is 2.04. The Morgan fingerprint density at radius 3 is 2.53 bits per heavy atom. The molecule has 2 aromatic carbocycles. The standard InChI is InChI=1S/C26H32N2O4/c1-2-22(26(30)27-21-10-6-7-11-21)28(17-20-8-4-3-5-9-20)25(29)15-13-19-12-14-23-24(16-19)32-18-31-23/h3-5,8-9,12,14,16,21-22H,2,6-7,10-11,13,15,17-18H2,1H3,(H,27,30). The van der Waals surface area contributed by atoms with Gasteiger partial charge in [0.2, 0.25) is 18.6 Å². The van der Waals surface area contributed by atoms with Gasteiger partial charge in [-0.2, -0.15) is 0 Å². The third-order valence-corrected chi connectivity index (χ3v) is 6.35. The first-order valence-electron chi connectivity index (χ1n) is 11.7. The molecule has 2 amide bonds. The van der Waals surface area contributed by atoms with E-state index in [1.165, 1.54) is 0 Å². The van der Waals surface area contributed by atoms with Gasteiger partial charge in [0.05, 0.1) is 0 Å².